The number of nitro groups is 1. The van der Waals surface area contributed by atoms with E-state index in [9.17, 15) is 19.6 Å². The number of anilines is 1. The van der Waals surface area contributed by atoms with E-state index >= 15 is 0 Å². The first kappa shape index (κ1) is 15.1. The van der Waals surface area contributed by atoms with Crippen molar-refractivity contribution in [3.63, 3.8) is 0 Å². The molecule has 2 atom stereocenters. The lowest BCUT2D eigenvalue weighted by molar-refractivity contribution is -0.384. The summed E-state index contributed by atoms with van der Waals surface area (Å²) in [6, 6.07) is 2.11. The van der Waals surface area contributed by atoms with E-state index in [1.54, 1.807) is 36.4 Å². The van der Waals surface area contributed by atoms with Crippen molar-refractivity contribution < 1.29 is 14.4 Å². The van der Waals surface area contributed by atoms with Crippen molar-refractivity contribution in [1.82, 2.24) is 0 Å². The smallest absolute Gasteiger partial charge is 0.293 e. The third-order valence-electron chi connectivity index (χ3n) is 2.33. The lowest BCUT2D eigenvalue weighted by Gasteiger charge is -2.16. The molecule has 1 aromatic carbocycles. The quantitative estimate of drug-likeness (QED) is 0.476. The van der Waals surface area contributed by atoms with Crippen LogP contribution in [0.3, 0.4) is 0 Å². The fraction of sp³-hybridized carbons (Fsp3) is 0.455. The number of aliphatic hydroxyl groups is 1. The van der Waals surface area contributed by atoms with Crippen molar-refractivity contribution in [2.75, 3.05) is 5.32 Å². The van der Waals surface area contributed by atoms with E-state index in [1.807, 2.05) is 0 Å². The summed E-state index contributed by atoms with van der Waals surface area (Å²) in [5.74, 6) is -0.507. The van der Waals surface area contributed by atoms with Crippen molar-refractivity contribution in [3.05, 3.63) is 31.6 Å². The van der Waals surface area contributed by atoms with Gasteiger partial charge < -0.3 is 10.4 Å². The third-order valence-corrected chi connectivity index (χ3v) is 3.16. The molecule has 100 valence electrons. The molecule has 0 bridgehead atoms. The van der Waals surface area contributed by atoms with Gasteiger partial charge in [0.1, 0.15) is 11.5 Å². The van der Waals surface area contributed by atoms with Gasteiger partial charge in [-0.3, -0.25) is 10.1 Å². The minimum absolute atomic E-state index is 0.131. The number of nitro benzene ring substituents is 1. The summed E-state index contributed by atoms with van der Waals surface area (Å²) in [6.45, 7) is 3.40. The van der Waals surface area contributed by atoms with Crippen LogP contribution in [-0.2, 0) is 0 Å². The van der Waals surface area contributed by atoms with E-state index in [1.165, 1.54) is 6.07 Å². The van der Waals surface area contributed by atoms with E-state index in [2.05, 4.69) is 5.32 Å². The predicted octanol–water partition coefficient (Wildman–Crippen LogP) is 2.91. The number of benzene rings is 1. The van der Waals surface area contributed by atoms with Crippen LogP contribution in [0.1, 0.15) is 20.3 Å². The molecular weight excluding hydrogens is 354 g/mol. The van der Waals surface area contributed by atoms with Crippen LogP contribution in [0.15, 0.2) is 12.1 Å². The first-order valence-electron chi connectivity index (χ1n) is 5.39. The number of nitrogens with zero attached hydrogens (tertiary/aromatic N) is 1. The number of hydrogen-bond acceptors (Lipinski definition) is 4. The van der Waals surface area contributed by atoms with Crippen LogP contribution in [0, 0.1) is 19.5 Å². The van der Waals surface area contributed by atoms with Gasteiger partial charge in [-0.1, -0.05) is 0 Å². The summed E-state index contributed by atoms with van der Waals surface area (Å²) in [5, 5.41) is 23.0. The monoisotopic (exact) mass is 368 g/mol. The van der Waals surface area contributed by atoms with Crippen molar-refractivity contribution in [2.24, 2.45) is 0 Å². The Balaban J connectivity index is 3.00. The third kappa shape index (κ3) is 4.05. The van der Waals surface area contributed by atoms with E-state index in [0.717, 1.165) is 6.07 Å². The Hall–Kier alpha value is -0.960. The Kier molecular flexibility index (Phi) is 5.27. The number of nitrogens with one attached hydrogen (secondary N) is 1. The van der Waals surface area contributed by atoms with E-state index in [0.29, 0.717) is 6.42 Å². The molecule has 0 fully saturated rings. The molecule has 0 aliphatic heterocycles. The first-order valence-corrected chi connectivity index (χ1v) is 6.47. The summed E-state index contributed by atoms with van der Waals surface area (Å²) in [5.41, 5.74) is -0.0377. The maximum Gasteiger partial charge on any atom is 0.293 e. The number of rotatable bonds is 5. The molecule has 0 saturated heterocycles. The maximum atomic E-state index is 13.4. The molecule has 0 amide bonds. The Morgan fingerprint density at radius 1 is 1.56 bits per heavy atom. The Labute approximate surface area is 118 Å². The van der Waals surface area contributed by atoms with Crippen LogP contribution >= 0.6 is 22.6 Å². The SMILES string of the molecule is CC(O)CC(C)Nc1cc(F)c(I)cc1[N+](=O)[O-]. The lowest BCUT2D eigenvalue weighted by Crippen LogP contribution is -2.21. The molecule has 1 rings (SSSR count). The summed E-state index contributed by atoms with van der Waals surface area (Å²) >= 11 is 1.71. The van der Waals surface area contributed by atoms with Gasteiger partial charge in [0.15, 0.2) is 0 Å². The van der Waals surface area contributed by atoms with Crippen LogP contribution in [0.25, 0.3) is 0 Å². The molecule has 2 N–H and O–H groups in total. The van der Waals surface area contributed by atoms with E-state index in [4.69, 9.17) is 0 Å². The number of halogens is 2. The molecule has 0 spiro atoms. The highest BCUT2D eigenvalue weighted by atomic mass is 127. The van der Waals surface area contributed by atoms with Gasteiger partial charge >= 0.3 is 0 Å². The summed E-state index contributed by atoms with van der Waals surface area (Å²) < 4.78 is 13.6. The van der Waals surface area contributed by atoms with Crippen molar-refractivity contribution in [3.8, 4) is 0 Å². The highest BCUT2D eigenvalue weighted by molar-refractivity contribution is 14.1. The van der Waals surface area contributed by atoms with Gasteiger partial charge in [-0.15, -0.1) is 0 Å². The predicted molar refractivity (Wildman–Crippen MR) is 75.2 cm³/mol. The average molecular weight is 368 g/mol. The minimum atomic E-state index is -0.557. The van der Waals surface area contributed by atoms with Gasteiger partial charge in [-0.2, -0.15) is 0 Å². The number of hydrogen-bond donors (Lipinski definition) is 2. The summed E-state index contributed by atoms with van der Waals surface area (Å²) in [6.07, 6.45) is -0.106. The fourth-order valence-electron chi connectivity index (χ4n) is 1.64. The molecule has 5 nitrogen and oxygen atoms in total. The zero-order valence-electron chi connectivity index (χ0n) is 9.98. The van der Waals surface area contributed by atoms with Gasteiger partial charge in [-0.05, 0) is 42.9 Å². The fourth-order valence-corrected chi connectivity index (χ4v) is 2.09. The molecule has 0 aliphatic rings. The van der Waals surface area contributed by atoms with Gasteiger partial charge in [0.05, 0.1) is 14.6 Å². The van der Waals surface area contributed by atoms with Crippen molar-refractivity contribution >= 4 is 34.0 Å². The molecule has 7 heteroatoms. The molecule has 18 heavy (non-hydrogen) atoms. The van der Waals surface area contributed by atoms with Gasteiger partial charge in [-0.25, -0.2) is 4.39 Å². The van der Waals surface area contributed by atoms with Crippen LogP contribution in [0.2, 0.25) is 0 Å². The van der Waals surface area contributed by atoms with Crippen LogP contribution in [0.5, 0.6) is 0 Å². The number of aliphatic hydroxyl groups excluding tert-OH is 1. The Morgan fingerprint density at radius 2 is 2.17 bits per heavy atom. The molecule has 0 aliphatic carbocycles. The van der Waals surface area contributed by atoms with Gasteiger partial charge in [0, 0.05) is 18.2 Å². The van der Waals surface area contributed by atoms with Crippen LogP contribution in [-0.4, -0.2) is 22.2 Å². The second-order valence-electron chi connectivity index (χ2n) is 4.17. The summed E-state index contributed by atoms with van der Waals surface area (Å²) in [4.78, 5) is 10.3. The Morgan fingerprint density at radius 3 is 2.67 bits per heavy atom. The van der Waals surface area contributed by atoms with E-state index in [-0.39, 0.29) is 21.0 Å². The molecule has 0 saturated carbocycles. The van der Waals surface area contributed by atoms with Crippen molar-refractivity contribution in [2.45, 2.75) is 32.4 Å². The second kappa shape index (κ2) is 6.28. The maximum absolute atomic E-state index is 13.4. The van der Waals surface area contributed by atoms with Gasteiger partial charge in [0.2, 0.25) is 0 Å². The molecule has 0 aromatic heterocycles. The molecule has 0 radical (unpaired) electrons. The first-order chi connectivity index (χ1) is 8.31. The zero-order valence-corrected chi connectivity index (χ0v) is 12.1. The zero-order chi connectivity index (χ0) is 13.9. The molecular formula is C11H14FIN2O3. The highest BCUT2D eigenvalue weighted by Crippen LogP contribution is 2.29. The topological polar surface area (TPSA) is 75.4 Å². The average Bonchev–Trinajstić information content (AvgIpc) is 2.21. The largest absolute Gasteiger partial charge is 0.393 e. The van der Waals surface area contributed by atoms with Crippen LogP contribution < -0.4 is 5.32 Å². The highest BCUT2D eigenvalue weighted by Gasteiger charge is 2.19. The van der Waals surface area contributed by atoms with Crippen LogP contribution in [0.4, 0.5) is 15.8 Å². The molecule has 2 unspecified atom stereocenters. The lowest BCUT2D eigenvalue weighted by atomic mass is 10.1. The minimum Gasteiger partial charge on any atom is -0.393 e. The van der Waals surface area contributed by atoms with Crippen molar-refractivity contribution in [1.29, 1.82) is 0 Å². The van der Waals surface area contributed by atoms with E-state index < -0.39 is 16.8 Å². The molecule has 1 aromatic rings. The second-order valence-corrected chi connectivity index (χ2v) is 5.33. The van der Waals surface area contributed by atoms with Gasteiger partial charge in [0.25, 0.3) is 5.69 Å². The summed E-state index contributed by atoms with van der Waals surface area (Å²) in [7, 11) is 0. The normalized spacial score (nSPS) is 14.1. The molecule has 0 heterocycles. The standard InChI is InChI=1S/C11H14FIN2O3/c1-6(3-7(2)16)14-10-4-8(12)9(13)5-11(10)15(17)18/h4-7,14,16H,3H2,1-2H3. The Bertz CT molecular complexity index is 454.